The minimum absolute atomic E-state index is 0.279. The first-order valence-electron chi connectivity index (χ1n) is 5.74. The van der Waals surface area contributed by atoms with Crippen molar-refractivity contribution in [1.29, 1.82) is 5.26 Å². The van der Waals surface area contributed by atoms with Gasteiger partial charge >= 0.3 is 5.69 Å². The van der Waals surface area contributed by atoms with Crippen LogP contribution < -0.4 is 22.8 Å². The van der Waals surface area contributed by atoms with Crippen LogP contribution in [0.3, 0.4) is 0 Å². The van der Waals surface area contributed by atoms with Gasteiger partial charge in [0, 0.05) is 11.1 Å². The molecule has 9 heteroatoms. The highest BCUT2D eigenvalue weighted by molar-refractivity contribution is 8.00. The first-order valence-corrected chi connectivity index (χ1v) is 6.73. The average molecular weight is 295 g/mol. The van der Waals surface area contributed by atoms with Crippen LogP contribution in [0.5, 0.6) is 0 Å². The number of amidine groups is 1. The summed E-state index contributed by atoms with van der Waals surface area (Å²) in [6.45, 7) is 5.71. The molecule has 0 unspecified atom stereocenters. The highest BCUT2D eigenvalue weighted by Crippen LogP contribution is 2.27. The third kappa shape index (κ3) is 3.72. The summed E-state index contributed by atoms with van der Waals surface area (Å²) < 4.78 is 0. The Balaban J connectivity index is 3.24. The van der Waals surface area contributed by atoms with Gasteiger partial charge in [-0.25, -0.2) is 10.6 Å². The third-order valence-corrected chi connectivity index (χ3v) is 3.42. The van der Waals surface area contributed by atoms with E-state index in [0.29, 0.717) is 22.1 Å². The van der Waals surface area contributed by atoms with Gasteiger partial charge in [0.1, 0.15) is 22.5 Å². The molecule has 0 aliphatic heterocycles. The number of aromatic amines is 1. The van der Waals surface area contributed by atoms with Crippen LogP contribution in [0.4, 0.5) is 0 Å². The molecule has 1 aromatic heterocycles. The van der Waals surface area contributed by atoms with Gasteiger partial charge in [-0.1, -0.05) is 32.5 Å². The highest BCUT2D eigenvalue weighted by Gasteiger charge is 2.23. The number of nitrogens with one attached hydrogen (secondary N) is 2. The molecular formula is C11H17N7OS. The molecule has 1 rings (SSSR count). The summed E-state index contributed by atoms with van der Waals surface area (Å²) >= 11 is 1.17. The van der Waals surface area contributed by atoms with Crippen molar-refractivity contribution >= 4 is 17.6 Å². The quantitative estimate of drug-likeness (QED) is 0.150. The van der Waals surface area contributed by atoms with E-state index in [9.17, 15) is 10.1 Å². The molecule has 0 amide bonds. The predicted octanol–water partition coefficient (Wildman–Crippen LogP) is -0.233. The molecule has 0 saturated carbocycles. The van der Waals surface area contributed by atoms with E-state index in [2.05, 4.69) is 26.6 Å². The van der Waals surface area contributed by atoms with Crippen LogP contribution in [0.1, 0.15) is 32.0 Å². The van der Waals surface area contributed by atoms with Gasteiger partial charge in [0.2, 0.25) is 0 Å². The molecule has 0 saturated heterocycles. The second kappa shape index (κ2) is 6.40. The van der Waals surface area contributed by atoms with E-state index < -0.39 is 5.69 Å². The molecule has 0 spiro atoms. The molecule has 0 atom stereocenters. The Morgan fingerprint density at radius 1 is 1.60 bits per heavy atom. The number of nitriles is 1. The maximum absolute atomic E-state index is 11.6. The highest BCUT2D eigenvalue weighted by atomic mass is 32.2. The average Bonchev–Trinajstić information content (AvgIpc) is 2.38. The Bertz CT molecular complexity index is 609. The summed E-state index contributed by atoms with van der Waals surface area (Å²) in [4.78, 5) is 18.1. The lowest BCUT2D eigenvalue weighted by Gasteiger charge is -2.20. The van der Waals surface area contributed by atoms with Crippen LogP contribution in [0.2, 0.25) is 0 Å². The number of H-pyrrole nitrogens is 1. The van der Waals surface area contributed by atoms with Crippen molar-refractivity contribution in [2.24, 2.45) is 16.8 Å². The number of hydrazone groups is 1. The SMILES string of the molecule is CC(C)(C)c1[nH]c(=O)nc(SC/C(=N/N)NN)c1C#N. The van der Waals surface area contributed by atoms with E-state index in [4.69, 9.17) is 11.7 Å². The molecule has 0 aliphatic rings. The van der Waals surface area contributed by atoms with Crippen LogP contribution >= 0.6 is 11.8 Å². The van der Waals surface area contributed by atoms with Gasteiger partial charge in [-0.05, 0) is 0 Å². The molecule has 6 N–H and O–H groups in total. The van der Waals surface area contributed by atoms with Crippen LogP contribution in [-0.4, -0.2) is 21.6 Å². The molecule has 1 aromatic rings. The van der Waals surface area contributed by atoms with Crippen molar-refractivity contribution in [2.45, 2.75) is 31.2 Å². The van der Waals surface area contributed by atoms with Crippen molar-refractivity contribution in [2.75, 3.05) is 5.75 Å². The number of thioether (sulfide) groups is 1. The predicted molar refractivity (Wildman–Crippen MR) is 77.9 cm³/mol. The van der Waals surface area contributed by atoms with Crippen molar-refractivity contribution in [3.63, 3.8) is 0 Å². The van der Waals surface area contributed by atoms with Crippen LogP contribution in [0.25, 0.3) is 0 Å². The summed E-state index contributed by atoms with van der Waals surface area (Å²) in [5.74, 6) is 11.0. The van der Waals surface area contributed by atoms with Crippen molar-refractivity contribution in [1.82, 2.24) is 15.4 Å². The zero-order chi connectivity index (χ0) is 15.3. The Hall–Kier alpha value is -2.05. The van der Waals surface area contributed by atoms with Crippen LogP contribution in [0.15, 0.2) is 14.9 Å². The summed E-state index contributed by atoms with van der Waals surface area (Å²) in [7, 11) is 0. The summed E-state index contributed by atoms with van der Waals surface area (Å²) in [5, 5.41) is 13.1. The summed E-state index contributed by atoms with van der Waals surface area (Å²) in [6, 6.07) is 2.08. The normalized spacial score (nSPS) is 12.1. The van der Waals surface area contributed by atoms with Crippen molar-refractivity contribution in [3.05, 3.63) is 21.7 Å². The molecule has 0 aliphatic carbocycles. The van der Waals surface area contributed by atoms with Gasteiger partial charge in [0.05, 0.1) is 5.75 Å². The van der Waals surface area contributed by atoms with E-state index in [1.165, 1.54) is 11.8 Å². The Labute approximate surface area is 120 Å². The molecule has 0 fully saturated rings. The van der Waals surface area contributed by atoms with E-state index in [-0.39, 0.29) is 11.2 Å². The number of hydrazine groups is 1. The minimum atomic E-state index is -0.497. The number of nitrogens with two attached hydrogens (primary N) is 2. The van der Waals surface area contributed by atoms with Gasteiger partial charge < -0.3 is 16.3 Å². The monoisotopic (exact) mass is 295 g/mol. The van der Waals surface area contributed by atoms with Crippen LogP contribution in [-0.2, 0) is 5.41 Å². The Morgan fingerprint density at radius 2 is 2.25 bits per heavy atom. The maximum atomic E-state index is 11.6. The molecule has 0 aromatic carbocycles. The fraction of sp³-hybridized carbons (Fsp3) is 0.455. The first-order chi connectivity index (χ1) is 9.33. The van der Waals surface area contributed by atoms with Gasteiger partial charge in [-0.2, -0.15) is 15.3 Å². The van der Waals surface area contributed by atoms with E-state index >= 15 is 0 Å². The molecule has 8 nitrogen and oxygen atoms in total. The van der Waals surface area contributed by atoms with E-state index in [0.717, 1.165) is 0 Å². The fourth-order valence-electron chi connectivity index (χ4n) is 1.48. The van der Waals surface area contributed by atoms with Gasteiger partial charge in [-0.15, -0.1) is 0 Å². The second-order valence-corrected chi connectivity index (χ2v) is 5.93. The lowest BCUT2D eigenvalue weighted by Crippen LogP contribution is -2.33. The zero-order valence-electron chi connectivity index (χ0n) is 11.5. The molecular weight excluding hydrogens is 278 g/mol. The standard InChI is InChI=1S/C11H17N7OS/c1-11(2,3)8-6(4-12)9(16-10(19)15-8)20-5-7(17-13)18-14/h5,13-14H2,1-3H3,(H,17,18)(H,15,16,19). The first kappa shape index (κ1) is 16.0. The fourth-order valence-corrected chi connectivity index (χ4v) is 2.35. The number of aromatic nitrogens is 2. The van der Waals surface area contributed by atoms with Crippen molar-refractivity contribution in [3.8, 4) is 6.07 Å². The van der Waals surface area contributed by atoms with E-state index in [1.807, 2.05) is 20.8 Å². The molecule has 1 heterocycles. The molecule has 0 radical (unpaired) electrons. The summed E-state index contributed by atoms with van der Waals surface area (Å²) in [6.07, 6.45) is 0. The molecule has 20 heavy (non-hydrogen) atoms. The van der Waals surface area contributed by atoms with Gasteiger partial charge in [-0.3, -0.25) is 0 Å². The Kier molecular flexibility index (Phi) is 5.12. The largest absolute Gasteiger partial charge is 0.346 e. The summed E-state index contributed by atoms with van der Waals surface area (Å²) in [5.41, 5.74) is 2.35. The lowest BCUT2D eigenvalue weighted by atomic mass is 9.89. The number of hydrogen-bond acceptors (Lipinski definition) is 7. The number of nitrogens with zero attached hydrogens (tertiary/aromatic N) is 3. The smallest absolute Gasteiger partial charge is 0.322 e. The minimum Gasteiger partial charge on any atom is -0.322 e. The molecule has 108 valence electrons. The topological polar surface area (TPSA) is 146 Å². The number of hydrogen-bond donors (Lipinski definition) is 4. The van der Waals surface area contributed by atoms with Crippen LogP contribution in [0, 0.1) is 11.3 Å². The maximum Gasteiger partial charge on any atom is 0.346 e. The Morgan fingerprint density at radius 3 is 2.70 bits per heavy atom. The third-order valence-electron chi connectivity index (χ3n) is 2.43. The number of rotatable bonds is 3. The van der Waals surface area contributed by atoms with Gasteiger partial charge in [0.15, 0.2) is 0 Å². The zero-order valence-corrected chi connectivity index (χ0v) is 12.3. The lowest BCUT2D eigenvalue weighted by molar-refractivity contribution is 0.557. The molecule has 0 bridgehead atoms. The second-order valence-electron chi connectivity index (χ2n) is 4.97. The van der Waals surface area contributed by atoms with E-state index in [1.54, 1.807) is 0 Å². The van der Waals surface area contributed by atoms with Gasteiger partial charge in [0.25, 0.3) is 0 Å². The van der Waals surface area contributed by atoms with Crippen molar-refractivity contribution < 1.29 is 0 Å².